The number of rotatable bonds is 3. The molecule has 3 rings (SSSR count). The number of carbonyl (C=O) groups is 1. The van der Waals surface area contributed by atoms with Gasteiger partial charge in [0, 0.05) is 10.4 Å². The van der Waals surface area contributed by atoms with Crippen LogP contribution in [0.1, 0.15) is 10.4 Å². The second kappa shape index (κ2) is 5.50. The summed E-state index contributed by atoms with van der Waals surface area (Å²) in [4.78, 5) is 11.9. The zero-order valence-electron chi connectivity index (χ0n) is 10.9. The Hall–Kier alpha value is -2.46. The van der Waals surface area contributed by atoms with E-state index in [1.54, 1.807) is 47.7 Å². The Labute approximate surface area is 125 Å². The Morgan fingerprint density at radius 2 is 1.52 bits per heavy atom. The molecular formula is C17H11FO2S. The first kappa shape index (κ1) is 13.5. The topological polar surface area (TPSA) is 37.3 Å². The third-order valence-corrected chi connectivity index (χ3v) is 4.18. The monoisotopic (exact) mass is 298 g/mol. The lowest BCUT2D eigenvalue weighted by molar-refractivity contribution is 0.0697. The van der Waals surface area contributed by atoms with Gasteiger partial charge in [0.25, 0.3) is 0 Å². The molecule has 0 aliphatic rings. The lowest BCUT2D eigenvalue weighted by Gasteiger charge is -2.05. The Kier molecular flexibility index (Phi) is 3.54. The highest BCUT2D eigenvalue weighted by Gasteiger charge is 2.10. The van der Waals surface area contributed by atoms with Crippen molar-refractivity contribution >= 4 is 17.3 Å². The Morgan fingerprint density at radius 1 is 0.905 bits per heavy atom. The maximum absolute atomic E-state index is 13.0. The van der Waals surface area contributed by atoms with E-state index in [4.69, 9.17) is 5.11 Å². The number of benzene rings is 2. The Morgan fingerprint density at radius 3 is 2.14 bits per heavy atom. The molecule has 0 spiro atoms. The molecule has 2 aromatic carbocycles. The molecule has 1 heterocycles. The predicted molar refractivity (Wildman–Crippen MR) is 82.1 cm³/mol. The lowest BCUT2D eigenvalue weighted by Crippen LogP contribution is -1.94. The van der Waals surface area contributed by atoms with Crippen LogP contribution < -0.4 is 0 Å². The van der Waals surface area contributed by atoms with Gasteiger partial charge in [0.05, 0.1) is 5.56 Å². The van der Waals surface area contributed by atoms with Gasteiger partial charge in [-0.1, -0.05) is 24.3 Å². The number of hydrogen-bond acceptors (Lipinski definition) is 2. The van der Waals surface area contributed by atoms with Crippen LogP contribution in [0.15, 0.2) is 60.0 Å². The summed E-state index contributed by atoms with van der Waals surface area (Å²) in [6, 6.07) is 15.1. The maximum atomic E-state index is 13.0. The molecule has 0 amide bonds. The molecule has 3 aromatic rings. The van der Waals surface area contributed by atoms with Crippen molar-refractivity contribution in [2.75, 3.05) is 0 Å². The van der Waals surface area contributed by atoms with E-state index in [0.29, 0.717) is 0 Å². The number of aromatic carboxylic acids is 1. The van der Waals surface area contributed by atoms with E-state index >= 15 is 0 Å². The van der Waals surface area contributed by atoms with Gasteiger partial charge in [-0.25, -0.2) is 9.18 Å². The van der Waals surface area contributed by atoms with Gasteiger partial charge in [-0.05, 0) is 46.8 Å². The summed E-state index contributed by atoms with van der Waals surface area (Å²) in [5.41, 5.74) is 3.17. The average Bonchev–Trinajstić information content (AvgIpc) is 2.97. The summed E-state index contributed by atoms with van der Waals surface area (Å²) < 4.78 is 13.0. The van der Waals surface area contributed by atoms with Crippen LogP contribution in [-0.2, 0) is 0 Å². The highest BCUT2D eigenvalue weighted by atomic mass is 32.1. The summed E-state index contributed by atoms with van der Waals surface area (Å²) in [5, 5.41) is 10.9. The molecule has 2 nitrogen and oxygen atoms in total. The summed E-state index contributed by atoms with van der Waals surface area (Å²) in [6.45, 7) is 0. The van der Waals surface area contributed by atoms with Crippen molar-refractivity contribution in [3.63, 3.8) is 0 Å². The van der Waals surface area contributed by atoms with Gasteiger partial charge in [0.1, 0.15) is 5.82 Å². The molecule has 0 atom stereocenters. The van der Waals surface area contributed by atoms with Crippen LogP contribution in [0.25, 0.3) is 21.6 Å². The maximum Gasteiger partial charge on any atom is 0.335 e. The van der Waals surface area contributed by atoms with E-state index in [2.05, 4.69) is 0 Å². The van der Waals surface area contributed by atoms with Crippen molar-refractivity contribution in [2.24, 2.45) is 0 Å². The minimum absolute atomic E-state index is 0.261. The van der Waals surface area contributed by atoms with Gasteiger partial charge in [-0.15, -0.1) is 11.3 Å². The van der Waals surface area contributed by atoms with Crippen molar-refractivity contribution in [1.29, 1.82) is 0 Å². The van der Waals surface area contributed by atoms with E-state index in [9.17, 15) is 9.18 Å². The normalized spacial score (nSPS) is 10.5. The molecule has 0 saturated heterocycles. The smallest absolute Gasteiger partial charge is 0.335 e. The van der Waals surface area contributed by atoms with Crippen LogP contribution in [0.2, 0.25) is 0 Å². The minimum atomic E-state index is -0.939. The summed E-state index contributed by atoms with van der Waals surface area (Å²) in [7, 11) is 0. The summed E-state index contributed by atoms with van der Waals surface area (Å²) >= 11 is 1.58. The first-order chi connectivity index (χ1) is 10.1. The van der Waals surface area contributed by atoms with Crippen molar-refractivity contribution in [2.45, 2.75) is 0 Å². The van der Waals surface area contributed by atoms with Crippen LogP contribution in [0.3, 0.4) is 0 Å². The average molecular weight is 298 g/mol. The molecule has 0 bridgehead atoms. The molecule has 0 aliphatic carbocycles. The van der Waals surface area contributed by atoms with Crippen LogP contribution in [0.5, 0.6) is 0 Å². The number of halogens is 1. The quantitative estimate of drug-likeness (QED) is 0.745. The van der Waals surface area contributed by atoms with Crippen LogP contribution >= 0.6 is 11.3 Å². The predicted octanol–water partition coefficient (Wildman–Crippen LogP) is 4.92. The van der Waals surface area contributed by atoms with Crippen molar-refractivity contribution in [3.8, 4) is 21.6 Å². The summed E-state index contributed by atoms with van der Waals surface area (Å²) in [5.74, 6) is -1.20. The minimum Gasteiger partial charge on any atom is -0.478 e. The fourth-order valence-electron chi connectivity index (χ4n) is 2.15. The van der Waals surface area contributed by atoms with E-state index in [0.717, 1.165) is 21.6 Å². The molecule has 0 saturated carbocycles. The standard InChI is InChI=1S/C17H11FO2S/c18-14-7-5-12(6-8-14)16-15(9-10-21-16)11-1-3-13(4-2-11)17(19)20/h1-10H,(H,19,20). The summed E-state index contributed by atoms with van der Waals surface area (Å²) in [6.07, 6.45) is 0. The van der Waals surface area contributed by atoms with Crippen LogP contribution in [-0.4, -0.2) is 11.1 Å². The molecule has 4 heteroatoms. The molecule has 0 radical (unpaired) electrons. The molecule has 104 valence electrons. The van der Waals surface area contributed by atoms with Gasteiger partial charge in [0.15, 0.2) is 0 Å². The number of carboxylic acid groups (broad SMARTS) is 1. The highest BCUT2D eigenvalue weighted by molar-refractivity contribution is 7.14. The molecular weight excluding hydrogens is 287 g/mol. The van der Waals surface area contributed by atoms with Crippen molar-refractivity contribution in [3.05, 3.63) is 71.4 Å². The number of thiophene rings is 1. The van der Waals surface area contributed by atoms with Gasteiger partial charge >= 0.3 is 5.97 Å². The largest absolute Gasteiger partial charge is 0.478 e. The third kappa shape index (κ3) is 2.71. The van der Waals surface area contributed by atoms with Gasteiger partial charge in [0.2, 0.25) is 0 Å². The van der Waals surface area contributed by atoms with Gasteiger partial charge in [-0.2, -0.15) is 0 Å². The van der Waals surface area contributed by atoms with E-state index < -0.39 is 5.97 Å². The lowest BCUT2D eigenvalue weighted by atomic mass is 10.0. The molecule has 1 aromatic heterocycles. The Balaban J connectivity index is 2.02. The molecule has 21 heavy (non-hydrogen) atoms. The van der Waals surface area contributed by atoms with E-state index in [-0.39, 0.29) is 11.4 Å². The van der Waals surface area contributed by atoms with Crippen molar-refractivity contribution < 1.29 is 14.3 Å². The zero-order chi connectivity index (χ0) is 14.8. The second-order valence-corrected chi connectivity index (χ2v) is 5.47. The third-order valence-electron chi connectivity index (χ3n) is 3.21. The highest BCUT2D eigenvalue weighted by Crippen LogP contribution is 2.36. The molecule has 1 N–H and O–H groups in total. The van der Waals surface area contributed by atoms with Crippen LogP contribution in [0, 0.1) is 5.82 Å². The number of carboxylic acids is 1. The fraction of sp³-hybridized carbons (Fsp3) is 0. The first-order valence-corrected chi connectivity index (χ1v) is 7.20. The van der Waals surface area contributed by atoms with E-state index in [1.807, 2.05) is 11.4 Å². The Bertz CT molecular complexity index is 773. The number of hydrogen-bond donors (Lipinski definition) is 1. The van der Waals surface area contributed by atoms with Crippen LogP contribution in [0.4, 0.5) is 4.39 Å². The van der Waals surface area contributed by atoms with Gasteiger partial charge < -0.3 is 5.11 Å². The van der Waals surface area contributed by atoms with Gasteiger partial charge in [-0.3, -0.25) is 0 Å². The SMILES string of the molecule is O=C(O)c1ccc(-c2ccsc2-c2ccc(F)cc2)cc1. The van der Waals surface area contributed by atoms with E-state index in [1.165, 1.54) is 12.1 Å². The zero-order valence-corrected chi connectivity index (χ0v) is 11.7. The second-order valence-electron chi connectivity index (χ2n) is 4.55. The molecule has 0 aliphatic heterocycles. The molecule has 0 unspecified atom stereocenters. The fourth-order valence-corrected chi connectivity index (χ4v) is 3.08. The molecule has 0 fully saturated rings. The van der Waals surface area contributed by atoms with Crippen molar-refractivity contribution in [1.82, 2.24) is 0 Å². The first-order valence-electron chi connectivity index (χ1n) is 6.32.